The van der Waals surface area contributed by atoms with Crippen LogP contribution in [-0.2, 0) is 12.8 Å². The van der Waals surface area contributed by atoms with Crippen LogP contribution in [0.1, 0.15) is 18.4 Å². The van der Waals surface area contributed by atoms with E-state index < -0.39 is 0 Å². The second-order valence-electron chi connectivity index (χ2n) is 4.11. The van der Waals surface area contributed by atoms with Crippen LogP contribution in [0.3, 0.4) is 0 Å². The van der Waals surface area contributed by atoms with Crippen LogP contribution in [0.5, 0.6) is 0 Å². The van der Waals surface area contributed by atoms with Crippen LogP contribution in [0, 0.1) is 5.41 Å². The molecule has 0 fully saturated rings. The fourth-order valence-corrected chi connectivity index (χ4v) is 1.78. The Morgan fingerprint density at radius 2 is 2.19 bits per heavy atom. The van der Waals surface area contributed by atoms with Crippen molar-refractivity contribution in [1.82, 2.24) is 36.0 Å². The van der Waals surface area contributed by atoms with Gasteiger partial charge in [-0.1, -0.05) is 12.1 Å². The molecule has 86 valence electrons. The number of hydrogen-bond donors (Lipinski definition) is 3. The predicted molar refractivity (Wildman–Crippen MR) is 59.9 cm³/mol. The van der Waals surface area contributed by atoms with E-state index in [-0.39, 0.29) is 5.41 Å². The van der Waals surface area contributed by atoms with Gasteiger partial charge in [0.15, 0.2) is 5.82 Å². The Morgan fingerprint density at radius 1 is 1.31 bits per heavy atom. The van der Waals surface area contributed by atoms with E-state index in [1.54, 1.807) is 6.20 Å². The normalized spacial score (nSPS) is 14.9. The second-order valence-corrected chi connectivity index (χ2v) is 4.43. The average Bonchev–Trinajstić information content (AvgIpc) is 2.91. The molecule has 2 aromatic heterocycles. The molecule has 2 N–H and O–H groups in total. The van der Waals surface area contributed by atoms with Crippen molar-refractivity contribution in [2.75, 3.05) is 5.75 Å². The minimum atomic E-state index is -0.0517. The van der Waals surface area contributed by atoms with Gasteiger partial charge in [-0.15, -0.1) is 10.2 Å². The van der Waals surface area contributed by atoms with E-state index in [1.807, 2.05) is 0 Å². The molecule has 7 nitrogen and oxygen atoms in total. The highest BCUT2D eigenvalue weighted by atomic mass is 32.1. The van der Waals surface area contributed by atoms with E-state index in [0.717, 1.165) is 12.1 Å². The lowest BCUT2D eigenvalue weighted by Crippen LogP contribution is -2.25. The lowest BCUT2D eigenvalue weighted by atomic mass is 9.84. The highest BCUT2D eigenvalue weighted by molar-refractivity contribution is 7.80. The molecule has 0 saturated carbocycles. The number of hydrogen-bond acceptors (Lipinski definition) is 6. The highest BCUT2D eigenvalue weighted by Crippen LogP contribution is 2.26. The third-order valence-electron chi connectivity index (χ3n) is 2.43. The van der Waals surface area contributed by atoms with Gasteiger partial charge in [-0.3, -0.25) is 0 Å². The Morgan fingerprint density at radius 3 is 2.75 bits per heavy atom. The van der Waals surface area contributed by atoms with Crippen molar-refractivity contribution in [3.05, 3.63) is 17.7 Å². The molecule has 1 atom stereocenters. The molecule has 2 heterocycles. The Kier molecular flexibility index (Phi) is 3.18. The monoisotopic (exact) mass is 239 g/mol. The van der Waals surface area contributed by atoms with Crippen molar-refractivity contribution in [3.63, 3.8) is 0 Å². The van der Waals surface area contributed by atoms with Crippen LogP contribution in [0.4, 0.5) is 0 Å². The van der Waals surface area contributed by atoms with E-state index in [1.165, 1.54) is 0 Å². The maximum absolute atomic E-state index is 4.38. The molecule has 16 heavy (non-hydrogen) atoms. The molecule has 0 spiro atoms. The molecule has 0 bridgehead atoms. The minimum Gasteiger partial charge on any atom is -0.198 e. The fraction of sp³-hybridized carbons (Fsp3) is 0.625. The molecular weight excluding hydrogens is 226 g/mol. The number of rotatable bonds is 5. The van der Waals surface area contributed by atoms with Gasteiger partial charge in [0.25, 0.3) is 0 Å². The van der Waals surface area contributed by atoms with Crippen LogP contribution in [0.2, 0.25) is 0 Å². The second kappa shape index (κ2) is 4.60. The lowest BCUT2D eigenvalue weighted by molar-refractivity contribution is 0.358. The summed E-state index contributed by atoms with van der Waals surface area (Å²) in [6.45, 7) is 2.12. The number of nitrogens with zero attached hydrogens (tertiary/aromatic N) is 5. The third-order valence-corrected chi connectivity index (χ3v) is 3.19. The van der Waals surface area contributed by atoms with Gasteiger partial charge in [0.2, 0.25) is 0 Å². The Bertz CT molecular complexity index is 373. The molecule has 0 aliphatic heterocycles. The van der Waals surface area contributed by atoms with Crippen molar-refractivity contribution in [1.29, 1.82) is 0 Å². The summed E-state index contributed by atoms with van der Waals surface area (Å²) in [6.07, 6.45) is 3.21. The molecule has 0 aromatic carbocycles. The molecule has 0 aliphatic carbocycles. The van der Waals surface area contributed by atoms with Crippen molar-refractivity contribution in [3.8, 4) is 0 Å². The van der Waals surface area contributed by atoms with Gasteiger partial charge in [0, 0.05) is 6.42 Å². The zero-order valence-electron chi connectivity index (χ0n) is 8.88. The first-order valence-electron chi connectivity index (χ1n) is 4.90. The minimum absolute atomic E-state index is 0.0517. The van der Waals surface area contributed by atoms with Gasteiger partial charge in [-0.25, -0.2) is 0 Å². The summed E-state index contributed by atoms with van der Waals surface area (Å²) in [4.78, 5) is 0. The summed E-state index contributed by atoms with van der Waals surface area (Å²) in [5, 5.41) is 24.3. The zero-order valence-corrected chi connectivity index (χ0v) is 9.78. The summed E-state index contributed by atoms with van der Waals surface area (Å²) < 4.78 is 0. The predicted octanol–water partition coefficient (Wildman–Crippen LogP) is 0.0391. The number of aromatic amines is 2. The topological polar surface area (TPSA) is 96.0 Å². The van der Waals surface area contributed by atoms with Gasteiger partial charge in [-0.2, -0.15) is 33.3 Å². The standard InChI is InChI=1S/C8H13N7S/c1-8(5-16,2-6-4-9-13-10-6)3-7-11-14-15-12-7/h4,16H,2-3,5H2,1H3,(H,9,10,13)(H,11,12,14,15). The van der Waals surface area contributed by atoms with E-state index in [2.05, 4.69) is 55.6 Å². The molecule has 0 radical (unpaired) electrons. The largest absolute Gasteiger partial charge is 0.198 e. The van der Waals surface area contributed by atoms with Crippen LogP contribution in [0.25, 0.3) is 0 Å². The van der Waals surface area contributed by atoms with Crippen LogP contribution < -0.4 is 0 Å². The molecule has 2 aromatic rings. The molecule has 8 heteroatoms. The molecule has 0 aliphatic rings. The zero-order chi connectivity index (χ0) is 11.4. The quantitative estimate of drug-likeness (QED) is 0.640. The van der Waals surface area contributed by atoms with Crippen LogP contribution >= 0.6 is 12.6 Å². The summed E-state index contributed by atoms with van der Waals surface area (Å²) in [6, 6.07) is 0. The Balaban J connectivity index is 2.07. The van der Waals surface area contributed by atoms with Gasteiger partial charge in [0.1, 0.15) is 0 Å². The summed E-state index contributed by atoms with van der Waals surface area (Å²) in [5.74, 6) is 1.41. The van der Waals surface area contributed by atoms with Gasteiger partial charge in [0.05, 0.1) is 11.9 Å². The summed E-state index contributed by atoms with van der Waals surface area (Å²) >= 11 is 4.38. The highest BCUT2D eigenvalue weighted by Gasteiger charge is 2.26. The smallest absolute Gasteiger partial charge is 0.175 e. The van der Waals surface area contributed by atoms with Crippen molar-refractivity contribution in [2.45, 2.75) is 19.8 Å². The number of aromatic nitrogens is 7. The first-order chi connectivity index (χ1) is 7.72. The first-order valence-corrected chi connectivity index (χ1v) is 5.53. The van der Waals surface area contributed by atoms with E-state index in [4.69, 9.17) is 0 Å². The van der Waals surface area contributed by atoms with E-state index >= 15 is 0 Å². The Hall–Kier alpha value is -1.44. The van der Waals surface area contributed by atoms with Crippen molar-refractivity contribution in [2.24, 2.45) is 5.41 Å². The lowest BCUT2D eigenvalue weighted by Gasteiger charge is -2.24. The molecule has 0 amide bonds. The molecule has 0 saturated heterocycles. The average molecular weight is 239 g/mol. The van der Waals surface area contributed by atoms with Gasteiger partial charge >= 0.3 is 0 Å². The van der Waals surface area contributed by atoms with Gasteiger partial charge < -0.3 is 0 Å². The van der Waals surface area contributed by atoms with Gasteiger partial charge in [-0.05, 0) is 17.6 Å². The molecule has 2 rings (SSSR count). The Labute approximate surface area is 97.8 Å². The van der Waals surface area contributed by atoms with Crippen LogP contribution in [-0.4, -0.2) is 41.8 Å². The van der Waals surface area contributed by atoms with Crippen molar-refractivity contribution >= 4 is 12.6 Å². The number of thiol groups is 1. The van der Waals surface area contributed by atoms with Crippen LogP contribution in [0.15, 0.2) is 6.20 Å². The van der Waals surface area contributed by atoms with E-state index in [9.17, 15) is 0 Å². The number of nitrogens with one attached hydrogen (secondary N) is 2. The maximum atomic E-state index is 4.38. The summed E-state index contributed by atoms with van der Waals surface area (Å²) in [5.41, 5.74) is 0.865. The molecular formula is C8H13N7S. The van der Waals surface area contributed by atoms with Crippen molar-refractivity contribution < 1.29 is 0 Å². The number of H-pyrrole nitrogens is 2. The third kappa shape index (κ3) is 2.57. The maximum Gasteiger partial charge on any atom is 0.175 e. The SMILES string of the molecule is CC(CS)(Cc1cn[nH]n1)Cc1nn[nH]n1. The van der Waals surface area contributed by atoms with E-state index in [0.29, 0.717) is 18.0 Å². The first kappa shape index (κ1) is 11.1. The molecule has 1 unspecified atom stereocenters. The number of tetrazole rings is 1. The fourth-order valence-electron chi connectivity index (χ4n) is 1.56. The summed E-state index contributed by atoms with van der Waals surface area (Å²) in [7, 11) is 0.